The number of nitrogens with zero attached hydrogens (tertiary/aromatic N) is 1. The first kappa shape index (κ1) is 10.4. The lowest BCUT2D eigenvalue weighted by Gasteiger charge is -2.36. The van der Waals surface area contributed by atoms with E-state index in [1.54, 1.807) is 0 Å². The number of hydrogen-bond donors (Lipinski definition) is 1. The molecule has 14 heavy (non-hydrogen) atoms. The van der Waals surface area contributed by atoms with E-state index in [0.29, 0.717) is 24.2 Å². The molecule has 1 N–H and O–H groups in total. The molecule has 0 aromatic heterocycles. The first-order chi connectivity index (χ1) is 6.70. The summed E-state index contributed by atoms with van der Waals surface area (Å²) in [5, 5.41) is 3.64. The third-order valence-corrected chi connectivity index (χ3v) is 3.41. The Morgan fingerprint density at radius 2 is 2.21 bits per heavy atom. The molecule has 2 bridgehead atoms. The number of likely N-dealkylation sites (tertiary alicyclic amines) is 1. The van der Waals surface area contributed by atoms with E-state index in [1.165, 1.54) is 13.0 Å². The van der Waals surface area contributed by atoms with Crippen LogP contribution in [0.1, 0.15) is 27.2 Å². The number of ether oxygens (including phenoxy) is 1. The third-order valence-electron chi connectivity index (χ3n) is 3.41. The average molecular weight is 198 g/mol. The van der Waals surface area contributed by atoms with Gasteiger partial charge in [-0.05, 0) is 27.2 Å². The van der Waals surface area contributed by atoms with Gasteiger partial charge in [0.1, 0.15) is 0 Å². The normalized spacial score (nSPS) is 38.1. The van der Waals surface area contributed by atoms with Crippen molar-refractivity contribution >= 4 is 0 Å². The number of piperazine rings is 1. The molecule has 0 unspecified atom stereocenters. The molecule has 0 radical (unpaired) electrons. The zero-order valence-corrected chi connectivity index (χ0v) is 9.49. The second-order valence-electron chi connectivity index (χ2n) is 4.75. The summed E-state index contributed by atoms with van der Waals surface area (Å²) in [6, 6.07) is 1.89. The summed E-state index contributed by atoms with van der Waals surface area (Å²) in [6.07, 6.45) is 1.65. The van der Waals surface area contributed by atoms with E-state index in [-0.39, 0.29) is 0 Å². The molecule has 0 aromatic rings. The molecule has 3 nitrogen and oxygen atoms in total. The molecular formula is C11H22N2O. The summed E-state index contributed by atoms with van der Waals surface area (Å²) < 4.78 is 5.76. The lowest BCUT2D eigenvalue weighted by Crippen LogP contribution is -2.54. The Bertz CT molecular complexity index is 196. The molecule has 3 heteroatoms. The Morgan fingerprint density at radius 3 is 2.86 bits per heavy atom. The molecule has 0 saturated carbocycles. The molecule has 2 saturated heterocycles. The zero-order valence-electron chi connectivity index (χ0n) is 9.49. The topological polar surface area (TPSA) is 24.5 Å². The maximum atomic E-state index is 5.76. The number of hydrogen-bond acceptors (Lipinski definition) is 3. The fourth-order valence-corrected chi connectivity index (χ4v) is 2.65. The van der Waals surface area contributed by atoms with Crippen LogP contribution < -0.4 is 5.32 Å². The minimum atomic E-state index is 0.453. The van der Waals surface area contributed by atoms with Gasteiger partial charge in [0.05, 0.1) is 6.10 Å². The second-order valence-corrected chi connectivity index (χ2v) is 4.75. The van der Waals surface area contributed by atoms with Gasteiger partial charge < -0.3 is 10.1 Å². The Morgan fingerprint density at radius 1 is 1.43 bits per heavy atom. The molecule has 82 valence electrons. The van der Waals surface area contributed by atoms with Crippen LogP contribution in [0.5, 0.6) is 0 Å². The van der Waals surface area contributed by atoms with Gasteiger partial charge in [0.2, 0.25) is 0 Å². The minimum Gasteiger partial charge on any atom is -0.377 e. The summed E-state index contributed by atoms with van der Waals surface area (Å²) in [7, 11) is 0. The Balaban J connectivity index is 1.94. The van der Waals surface area contributed by atoms with E-state index in [2.05, 4.69) is 31.0 Å². The predicted molar refractivity (Wildman–Crippen MR) is 57.5 cm³/mol. The van der Waals surface area contributed by atoms with Crippen LogP contribution in [0.4, 0.5) is 0 Å². The van der Waals surface area contributed by atoms with Crippen molar-refractivity contribution in [1.29, 1.82) is 0 Å². The molecule has 0 amide bonds. The van der Waals surface area contributed by atoms with Gasteiger partial charge in [0, 0.05) is 37.8 Å². The fourth-order valence-electron chi connectivity index (χ4n) is 2.65. The summed E-state index contributed by atoms with van der Waals surface area (Å²) >= 11 is 0. The highest BCUT2D eigenvalue weighted by Crippen LogP contribution is 2.24. The number of nitrogens with one attached hydrogen (secondary N) is 1. The van der Waals surface area contributed by atoms with Crippen LogP contribution >= 0.6 is 0 Å². The standard InChI is InChI=1S/C11H22N2O/c1-4-14-11-5-9-6-13(8(2)3)7-10(11)12-9/h8-12H,4-7H2,1-3H3/t9-,10-,11-/m0/s1. The monoisotopic (exact) mass is 198 g/mol. The maximum Gasteiger partial charge on any atom is 0.0755 e. The van der Waals surface area contributed by atoms with Gasteiger partial charge in [0.15, 0.2) is 0 Å². The van der Waals surface area contributed by atoms with Crippen molar-refractivity contribution in [2.45, 2.75) is 51.4 Å². The summed E-state index contributed by atoms with van der Waals surface area (Å²) in [4.78, 5) is 2.56. The molecule has 2 rings (SSSR count). The van der Waals surface area contributed by atoms with Crippen LogP contribution in [0.3, 0.4) is 0 Å². The van der Waals surface area contributed by atoms with Crippen LogP contribution in [0.2, 0.25) is 0 Å². The molecule has 0 aromatic carbocycles. The van der Waals surface area contributed by atoms with Gasteiger partial charge in [-0.2, -0.15) is 0 Å². The van der Waals surface area contributed by atoms with E-state index in [0.717, 1.165) is 13.2 Å². The number of rotatable bonds is 3. The zero-order chi connectivity index (χ0) is 10.1. The van der Waals surface area contributed by atoms with E-state index in [1.807, 2.05) is 0 Å². The SMILES string of the molecule is CCO[C@H]1C[C@H]2CN(C(C)C)C[C@@H]1N2. The van der Waals surface area contributed by atoms with Crippen molar-refractivity contribution in [2.75, 3.05) is 19.7 Å². The summed E-state index contributed by atoms with van der Waals surface area (Å²) in [5.41, 5.74) is 0. The molecule has 2 heterocycles. The van der Waals surface area contributed by atoms with E-state index < -0.39 is 0 Å². The first-order valence-corrected chi connectivity index (χ1v) is 5.82. The quantitative estimate of drug-likeness (QED) is 0.727. The molecule has 2 aliphatic rings. The van der Waals surface area contributed by atoms with Crippen molar-refractivity contribution in [1.82, 2.24) is 10.2 Å². The van der Waals surface area contributed by atoms with Gasteiger partial charge in [-0.1, -0.05) is 0 Å². The fraction of sp³-hybridized carbons (Fsp3) is 1.00. The molecule has 2 fully saturated rings. The highest BCUT2D eigenvalue weighted by molar-refractivity contribution is 4.99. The molecule has 0 spiro atoms. The maximum absolute atomic E-state index is 5.76. The minimum absolute atomic E-state index is 0.453. The second kappa shape index (κ2) is 4.17. The van der Waals surface area contributed by atoms with E-state index in [4.69, 9.17) is 4.74 Å². The van der Waals surface area contributed by atoms with Crippen LogP contribution in [-0.2, 0) is 4.74 Å². The van der Waals surface area contributed by atoms with Crippen LogP contribution in [0.15, 0.2) is 0 Å². The average Bonchev–Trinajstić information content (AvgIpc) is 2.42. The van der Waals surface area contributed by atoms with Crippen molar-refractivity contribution < 1.29 is 4.74 Å². The lowest BCUT2D eigenvalue weighted by molar-refractivity contribution is 0.0447. The number of fused-ring (bicyclic) bond motifs is 2. The first-order valence-electron chi connectivity index (χ1n) is 5.82. The molecule has 0 aliphatic carbocycles. The smallest absolute Gasteiger partial charge is 0.0755 e. The van der Waals surface area contributed by atoms with Gasteiger partial charge in [-0.25, -0.2) is 0 Å². The highest BCUT2D eigenvalue weighted by atomic mass is 16.5. The van der Waals surface area contributed by atoms with Gasteiger partial charge >= 0.3 is 0 Å². The Kier molecular flexibility index (Phi) is 3.10. The molecular weight excluding hydrogens is 176 g/mol. The largest absolute Gasteiger partial charge is 0.377 e. The van der Waals surface area contributed by atoms with E-state index >= 15 is 0 Å². The summed E-state index contributed by atoms with van der Waals surface area (Å²) in [6.45, 7) is 9.83. The van der Waals surface area contributed by atoms with Crippen molar-refractivity contribution in [3.63, 3.8) is 0 Å². The van der Waals surface area contributed by atoms with Crippen LogP contribution in [0, 0.1) is 0 Å². The predicted octanol–water partition coefficient (Wildman–Crippen LogP) is 0.846. The Labute approximate surface area is 86.8 Å². The van der Waals surface area contributed by atoms with Crippen LogP contribution in [-0.4, -0.2) is 48.8 Å². The third kappa shape index (κ3) is 1.95. The molecule has 3 atom stereocenters. The van der Waals surface area contributed by atoms with Crippen LogP contribution in [0.25, 0.3) is 0 Å². The van der Waals surface area contributed by atoms with Gasteiger partial charge in [-0.3, -0.25) is 4.90 Å². The van der Waals surface area contributed by atoms with E-state index in [9.17, 15) is 0 Å². The Hall–Kier alpha value is -0.120. The lowest BCUT2D eigenvalue weighted by atomic mass is 10.1. The summed E-state index contributed by atoms with van der Waals surface area (Å²) in [5.74, 6) is 0. The van der Waals surface area contributed by atoms with Gasteiger partial charge in [-0.15, -0.1) is 0 Å². The van der Waals surface area contributed by atoms with Gasteiger partial charge in [0.25, 0.3) is 0 Å². The van der Waals surface area contributed by atoms with Crippen molar-refractivity contribution in [3.8, 4) is 0 Å². The molecule has 2 aliphatic heterocycles. The highest BCUT2D eigenvalue weighted by Gasteiger charge is 2.40. The van der Waals surface area contributed by atoms with Crippen molar-refractivity contribution in [2.24, 2.45) is 0 Å². The van der Waals surface area contributed by atoms with Crippen molar-refractivity contribution in [3.05, 3.63) is 0 Å².